The predicted octanol–water partition coefficient (Wildman–Crippen LogP) is 3.84. The number of hydrogen-bond donors (Lipinski definition) is 2. The Hall–Kier alpha value is -2.93. The number of aryl methyl sites for hydroxylation is 1. The summed E-state index contributed by atoms with van der Waals surface area (Å²) >= 11 is 5.13. The Bertz CT molecular complexity index is 804. The molecule has 0 aromatic heterocycles. The van der Waals surface area contributed by atoms with Gasteiger partial charge in [-0.25, -0.2) is 4.79 Å². The van der Waals surface area contributed by atoms with E-state index in [1.54, 1.807) is 36.4 Å². The van der Waals surface area contributed by atoms with Crippen molar-refractivity contribution in [3.8, 4) is 5.75 Å². The average Bonchev–Trinajstić information content (AvgIpc) is 2.68. The first-order valence-corrected chi connectivity index (χ1v) is 9.46. The number of ether oxygens (including phenoxy) is 2. The van der Waals surface area contributed by atoms with Crippen molar-refractivity contribution in [2.45, 2.75) is 26.7 Å². The molecule has 0 fully saturated rings. The van der Waals surface area contributed by atoms with E-state index >= 15 is 0 Å². The summed E-state index contributed by atoms with van der Waals surface area (Å²) < 4.78 is 10.6. The molecule has 2 rings (SSSR count). The number of nitrogens with one attached hydrogen (secondary N) is 2. The summed E-state index contributed by atoms with van der Waals surface area (Å²) in [6.45, 7) is 4.27. The Morgan fingerprint density at radius 2 is 1.71 bits per heavy atom. The Balaban J connectivity index is 1.76. The van der Waals surface area contributed by atoms with Gasteiger partial charge in [0.2, 0.25) is 0 Å². The zero-order valence-corrected chi connectivity index (χ0v) is 16.8. The van der Waals surface area contributed by atoms with Crippen molar-refractivity contribution in [2.75, 3.05) is 18.5 Å². The first kappa shape index (κ1) is 21.4. The maximum atomic E-state index is 11.9. The fourth-order valence-electron chi connectivity index (χ4n) is 2.19. The van der Waals surface area contributed by atoms with E-state index in [1.165, 1.54) is 0 Å². The molecule has 1 amide bonds. The first-order valence-electron chi connectivity index (χ1n) is 9.05. The van der Waals surface area contributed by atoms with E-state index in [1.807, 2.05) is 26.0 Å². The smallest absolute Gasteiger partial charge is 0.338 e. The fraction of sp³-hybridized carbons (Fsp3) is 0.286. The van der Waals surface area contributed by atoms with Gasteiger partial charge in [-0.15, -0.1) is 0 Å². The van der Waals surface area contributed by atoms with Gasteiger partial charge in [-0.1, -0.05) is 31.0 Å². The summed E-state index contributed by atoms with van der Waals surface area (Å²) in [6, 6.07) is 14.1. The van der Waals surface area contributed by atoms with Gasteiger partial charge in [0.05, 0.1) is 12.2 Å². The normalized spacial score (nSPS) is 10.1. The number of anilines is 1. The van der Waals surface area contributed by atoms with Crippen molar-refractivity contribution in [1.82, 2.24) is 5.32 Å². The van der Waals surface area contributed by atoms with Crippen molar-refractivity contribution in [3.05, 3.63) is 59.7 Å². The van der Waals surface area contributed by atoms with Crippen LogP contribution in [-0.4, -0.2) is 30.2 Å². The van der Waals surface area contributed by atoms with Crippen LogP contribution in [0.2, 0.25) is 0 Å². The van der Waals surface area contributed by atoms with Gasteiger partial charge >= 0.3 is 5.97 Å². The zero-order valence-electron chi connectivity index (χ0n) is 16.0. The first-order chi connectivity index (χ1) is 13.5. The SMILES string of the molecule is CCCCOC(=O)c1ccc(NC(=S)NC(=O)COc2ccc(C)cc2)cc1. The molecule has 28 heavy (non-hydrogen) atoms. The molecule has 6 nitrogen and oxygen atoms in total. The van der Waals surface area contributed by atoms with E-state index in [2.05, 4.69) is 10.6 Å². The Morgan fingerprint density at radius 1 is 1.04 bits per heavy atom. The van der Waals surface area contributed by atoms with Crippen molar-refractivity contribution >= 4 is 34.9 Å². The summed E-state index contributed by atoms with van der Waals surface area (Å²) in [4.78, 5) is 23.8. The molecule has 0 heterocycles. The molecule has 0 aliphatic carbocycles. The molecule has 2 N–H and O–H groups in total. The predicted molar refractivity (Wildman–Crippen MR) is 113 cm³/mol. The topological polar surface area (TPSA) is 76.7 Å². The highest BCUT2D eigenvalue weighted by Crippen LogP contribution is 2.12. The summed E-state index contributed by atoms with van der Waals surface area (Å²) in [7, 11) is 0. The van der Waals surface area contributed by atoms with E-state index in [4.69, 9.17) is 21.7 Å². The second-order valence-electron chi connectivity index (χ2n) is 6.17. The lowest BCUT2D eigenvalue weighted by Crippen LogP contribution is -2.37. The Kier molecular flexibility index (Phi) is 8.42. The quantitative estimate of drug-likeness (QED) is 0.398. The molecule has 7 heteroatoms. The minimum Gasteiger partial charge on any atom is -0.484 e. The lowest BCUT2D eigenvalue weighted by molar-refractivity contribution is -0.121. The van der Waals surface area contributed by atoms with Crippen molar-refractivity contribution in [3.63, 3.8) is 0 Å². The fourth-order valence-corrected chi connectivity index (χ4v) is 2.42. The number of carbonyl (C=O) groups is 2. The number of rotatable bonds is 8. The minimum atomic E-state index is -0.366. The molecule has 0 atom stereocenters. The summed E-state index contributed by atoms with van der Waals surface area (Å²) in [5, 5.41) is 5.58. The van der Waals surface area contributed by atoms with Crippen molar-refractivity contribution < 1.29 is 19.1 Å². The van der Waals surface area contributed by atoms with Crippen molar-refractivity contribution in [2.24, 2.45) is 0 Å². The summed E-state index contributed by atoms with van der Waals surface area (Å²) in [5.41, 5.74) is 2.22. The summed E-state index contributed by atoms with van der Waals surface area (Å²) in [6.07, 6.45) is 1.81. The van der Waals surface area contributed by atoms with Gasteiger partial charge in [-0.2, -0.15) is 0 Å². The molecule has 0 saturated heterocycles. The monoisotopic (exact) mass is 400 g/mol. The average molecular weight is 401 g/mol. The van der Waals surface area contributed by atoms with Crippen LogP contribution in [-0.2, 0) is 9.53 Å². The lowest BCUT2D eigenvalue weighted by Gasteiger charge is -2.11. The zero-order chi connectivity index (χ0) is 20.4. The molecule has 148 valence electrons. The molecule has 0 saturated carbocycles. The van der Waals surface area contributed by atoms with E-state index in [0.717, 1.165) is 18.4 Å². The highest BCUT2D eigenvalue weighted by Gasteiger charge is 2.09. The number of thiocarbonyl (C=S) groups is 1. The third-order valence-corrected chi connectivity index (χ3v) is 3.96. The van der Waals surface area contributed by atoms with Gasteiger partial charge in [-0.05, 0) is 62.0 Å². The van der Waals surface area contributed by atoms with Crippen LogP contribution in [0.4, 0.5) is 5.69 Å². The third-order valence-electron chi connectivity index (χ3n) is 3.75. The van der Waals surface area contributed by atoms with E-state index < -0.39 is 0 Å². The van der Waals surface area contributed by atoms with E-state index in [0.29, 0.717) is 23.6 Å². The number of esters is 1. The molecular weight excluding hydrogens is 376 g/mol. The standard InChI is InChI=1S/C21H24N2O4S/c1-3-4-13-26-20(25)16-7-9-17(10-8-16)22-21(28)23-19(24)14-27-18-11-5-15(2)6-12-18/h5-12H,3-4,13-14H2,1-2H3,(H2,22,23,24,28). The molecule has 2 aromatic carbocycles. The maximum Gasteiger partial charge on any atom is 0.338 e. The highest BCUT2D eigenvalue weighted by molar-refractivity contribution is 7.80. The number of hydrogen-bond acceptors (Lipinski definition) is 5. The molecule has 0 spiro atoms. The molecule has 0 aliphatic rings. The van der Waals surface area contributed by atoms with Gasteiger partial charge in [0.25, 0.3) is 5.91 Å². The second kappa shape index (κ2) is 11.0. The van der Waals surface area contributed by atoms with Crippen LogP contribution in [0.15, 0.2) is 48.5 Å². The van der Waals surface area contributed by atoms with Gasteiger partial charge in [0.15, 0.2) is 11.7 Å². The molecule has 0 unspecified atom stereocenters. The molecule has 2 aromatic rings. The van der Waals surface area contributed by atoms with Gasteiger partial charge in [-0.3, -0.25) is 10.1 Å². The van der Waals surface area contributed by atoms with E-state index in [-0.39, 0.29) is 23.6 Å². The third kappa shape index (κ3) is 7.36. The van der Waals surface area contributed by atoms with Gasteiger partial charge in [0.1, 0.15) is 5.75 Å². The number of amides is 1. The van der Waals surface area contributed by atoms with Crippen LogP contribution in [0, 0.1) is 6.92 Å². The maximum absolute atomic E-state index is 11.9. The van der Waals surface area contributed by atoms with Crippen LogP contribution in [0.25, 0.3) is 0 Å². The van der Waals surface area contributed by atoms with Crippen LogP contribution in [0.5, 0.6) is 5.75 Å². The number of carbonyl (C=O) groups excluding carboxylic acids is 2. The largest absolute Gasteiger partial charge is 0.484 e. The molecular formula is C21H24N2O4S. The van der Waals surface area contributed by atoms with Crippen LogP contribution < -0.4 is 15.4 Å². The van der Waals surface area contributed by atoms with Gasteiger partial charge < -0.3 is 14.8 Å². The van der Waals surface area contributed by atoms with Crippen LogP contribution in [0.3, 0.4) is 0 Å². The second-order valence-corrected chi connectivity index (χ2v) is 6.58. The van der Waals surface area contributed by atoms with E-state index in [9.17, 15) is 9.59 Å². The number of benzene rings is 2. The molecule has 0 aliphatic heterocycles. The Labute approximate surface area is 170 Å². The Morgan fingerprint density at radius 3 is 2.36 bits per heavy atom. The van der Waals surface area contributed by atoms with Gasteiger partial charge in [0, 0.05) is 5.69 Å². The summed E-state index contributed by atoms with van der Waals surface area (Å²) in [5.74, 6) is -0.112. The van der Waals surface area contributed by atoms with Crippen LogP contribution in [0.1, 0.15) is 35.7 Å². The number of unbranched alkanes of at least 4 members (excludes halogenated alkanes) is 1. The molecule has 0 radical (unpaired) electrons. The highest BCUT2D eigenvalue weighted by atomic mass is 32.1. The minimum absolute atomic E-state index is 0.145. The molecule has 0 bridgehead atoms. The lowest BCUT2D eigenvalue weighted by atomic mass is 10.2. The van der Waals surface area contributed by atoms with Crippen LogP contribution >= 0.6 is 12.2 Å². The van der Waals surface area contributed by atoms with Crippen molar-refractivity contribution in [1.29, 1.82) is 0 Å².